The first kappa shape index (κ1) is 29.0. The lowest BCUT2D eigenvalue weighted by Crippen LogP contribution is -2.38. The SMILES string of the molecule is CC[C@](N)(Cc1ccccc1)c1nnc(-c2cc(C(=O)N3CCCC3c3ccc(F)cc3)cc(-c3ccccc3C#N)c2)o1. The Hall–Kier alpha value is -5.13. The lowest BCUT2D eigenvalue weighted by Gasteiger charge is -2.26. The second-order valence-corrected chi connectivity index (χ2v) is 11.2. The molecule has 1 aliphatic rings. The maximum absolute atomic E-state index is 14.1. The number of carbonyl (C=O) groups is 1. The van der Waals surface area contributed by atoms with Gasteiger partial charge >= 0.3 is 0 Å². The van der Waals surface area contributed by atoms with Crippen LogP contribution in [0.5, 0.6) is 0 Å². The first-order valence-electron chi connectivity index (χ1n) is 14.8. The first-order valence-corrected chi connectivity index (χ1v) is 14.8. The number of carbonyl (C=O) groups excluding carboxylic acids is 1. The quantitative estimate of drug-likeness (QED) is 0.206. The van der Waals surface area contributed by atoms with Crippen molar-refractivity contribution in [3.63, 3.8) is 0 Å². The van der Waals surface area contributed by atoms with E-state index in [1.54, 1.807) is 36.4 Å². The van der Waals surface area contributed by atoms with Gasteiger partial charge in [-0.25, -0.2) is 4.39 Å². The Morgan fingerprint density at radius 2 is 1.75 bits per heavy atom. The molecule has 2 atom stereocenters. The van der Waals surface area contributed by atoms with Gasteiger partial charge in [-0.05, 0) is 84.3 Å². The van der Waals surface area contributed by atoms with Crippen molar-refractivity contribution in [1.29, 1.82) is 5.26 Å². The molecule has 1 aromatic heterocycles. The van der Waals surface area contributed by atoms with Gasteiger partial charge in [-0.15, -0.1) is 10.2 Å². The van der Waals surface area contributed by atoms with E-state index in [0.717, 1.165) is 24.0 Å². The summed E-state index contributed by atoms with van der Waals surface area (Å²) in [4.78, 5) is 16.0. The van der Waals surface area contributed by atoms with Crippen molar-refractivity contribution in [2.45, 2.75) is 44.2 Å². The second kappa shape index (κ2) is 12.2. The molecule has 44 heavy (non-hydrogen) atoms. The molecule has 5 aromatic rings. The maximum Gasteiger partial charge on any atom is 0.254 e. The van der Waals surface area contributed by atoms with Crippen LogP contribution in [-0.4, -0.2) is 27.5 Å². The fraction of sp³-hybridized carbons (Fsp3) is 0.222. The number of benzene rings is 4. The summed E-state index contributed by atoms with van der Waals surface area (Å²) in [6, 6.07) is 31.0. The number of nitrogens with two attached hydrogens (primary N) is 1. The molecule has 1 saturated heterocycles. The highest BCUT2D eigenvalue weighted by Crippen LogP contribution is 2.36. The molecule has 0 spiro atoms. The van der Waals surface area contributed by atoms with Crippen LogP contribution in [0.3, 0.4) is 0 Å². The summed E-state index contributed by atoms with van der Waals surface area (Å²) in [6.07, 6.45) is 2.71. The van der Waals surface area contributed by atoms with Gasteiger partial charge in [-0.3, -0.25) is 4.79 Å². The van der Waals surface area contributed by atoms with E-state index in [2.05, 4.69) is 16.3 Å². The lowest BCUT2D eigenvalue weighted by atomic mass is 9.89. The molecule has 0 saturated carbocycles. The predicted molar refractivity (Wildman–Crippen MR) is 166 cm³/mol. The molecule has 0 bridgehead atoms. The van der Waals surface area contributed by atoms with E-state index in [9.17, 15) is 14.4 Å². The van der Waals surface area contributed by atoms with E-state index in [0.29, 0.717) is 53.1 Å². The molecule has 6 rings (SSSR count). The molecule has 8 heteroatoms. The number of nitriles is 1. The molecule has 1 amide bonds. The smallest absolute Gasteiger partial charge is 0.254 e. The average molecular weight is 586 g/mol. The van der Waals surface area contributed by atoms with Crippen LogP contribution in [0.1, 0.15) is 65.2 Å². The number of nitrogens with zero attached hydrogens (tertiary/aromatic N) is 4. The Morgan fingerprint density at radius 3 is 2.50 bits per heavy atom. The minimum absolute atomic E-state index is 0.167. The third-order valence-electron chi connectivity index (χ3n) is 8.40. The minimum atomic E-state index is -0.881. The lowest BCUT2D eigenvalue weighted by molar-refractivity contribution is 0.0735. The molecule has 0 radical (unpaired) electrons. The molecule has 2 N–H and O–H groups in total. The standard InChI is InChI=1S/C36H32FN5O2/c1-2-36(39,22-24-9-4-3-5-10-24)35-41-40-33(44-35)28-19-27(31-12-7-6-11-26(31)23-38)20-29(21-28)34(43)42-18-8-13-32(42)25-14-16-30(37)17-15-25/h3-7,9-12,14-17,19-21,32H,2,8,13,18,22,39H2,1H3/t32?,36-/m0/s1. The highest BCUT2D eigenvalue weighted by Gasteiger charge is 2.34. The van der Waals surface area contributed by atoms with E-state index in [-0.39, 0.29) is 23.7 Å². The van der Waals surface area contributed by atoms with E-state index in [1.807, 2.05) is 60.4 Å². The summed E-state index contributed by atoms with van der Waals surface area (Å²) in [5, 5.41) is 18.6. The molecule has 4 aromatic carbocycles. The minimum Gasteiger partial charge on any atom is -0.419 e. The Labute approximate surface area is 255 Å². The first-order chi connectivity index (χ1) is 21.4. The summed E-state index contributed by atoms with van der Waals surface area (Å²) < 4.78 is 19.9. The van der Waals surface area contributed by atoms with Crippen LogP contribution in [-0.2, 0) is 12.0 Å². The highest BCUT2D eigenvalue weighted by molar-refractivity contribution is 5.97. The van der Waals surface area contributed by atoms with Crippen molar-refractivity contribution in [2.24, 2.45) is 5.73 Å². The number of likely N-dealkylation sites (tertiary alicyclic amines) is 1. The summed E-state index contributed by atoms with van der Waals surface area (Å²) >= 11 is 0. The van der Waals surface area contributed by atoms with Crippen LogP contribution >= 0.6 is 0 Å². The van der Waals surface area contributed by atoms with Gasteiger partial charge in [0.2, 0.25) is 11.8 Å². The Kier molecular flexibility index (Phi) is 8.05. The zero-order valence-corrected chi connectivity index (χ0v) is 24.4. The van der Waals surface area contributed by atoms with Crippen LogP contribution in [0.4, 0.5) is 4.39 Å². The van der Waals surface area contributed by atoms with Gasteiger partial charge in [-0.1, -0.05) is 67.6 Å². The summed E-state index contributed by atoms with van der Waals surface area (Å²) in [6.45, 7) is 2.56. The number of hydrogen-bond acceptors (Lipinski definition) is 6. The van der Waals surface area contributed by atoms with E-state index >= 15 is 0 Å². The van der Waals surface area contributed by atoms with Crippen LogP contribution in [0.2, 0.25) is 0 Å². The normalized spacial score (nSPS) is 16.0. The molecule has 1 aliphatic heterocycles. The van der Waals surface area contributed by atoms with Gasteiger partial charge in [0.1, 0.15) is 5.82 Å². The summed E-state index contributed by atoms with van der Waals surface area (Å²) in [5.41, 5.74) is 10.7. The van der Waals surface area contributed by atoms with E-state index < -0.39 is 5.54 Å². The van der Waals surface area contributed by atoms with E-state index in [4.69, 9.17) is 10.2 Å². The molecule has 220 valence electrons. The van der Waals surface area contributed by atoms with Crippen LogP contribution in [0, 0.1) is 17.1 Å². The predicted octanol–water partition coefficient (Wildman–Crippen LogP) is 7.20. The number of amides is 1. The van der Waals surface area contributed by atoms with Crippen molar-refractivity contribution in [1.82, 2.24) is 15.1 Å². The monoisotopic (exact) mass is 585 g/mol. The zero-order chi connectivity index (χ0) is 30.7. The van der Waals surface area contributed by atoms with Crippen molar-refractivity contribution in [3.05, 3.63) is 131 Å². The van der Waals surface area contributed by atoms with Crippen molar-refractivity contribution in [2.75, 3.05) is 6.54 Å². The van der Waals surface area contributed by atoms with E-state index in [1.165, 1.54) is 12.1 Å². The summed E-state index contributed by atoms with van der Waals surface area (Å²) in [7, 11) is 0. The highest BCUT2D eigenvalue weighted by atomic mass is 19.1. The Bertz CT molecular complexity index is 1830. The molecule has 2 heterocycles. The maximum atomic E-state index is 14.1. The van der Waals surface area contributed by atoms with Crippen molar-refractivity contribution in [3.8, 4) is 28.7 Å². The van der Waals surface area contributed by atoms with Crippen LogP contribution < -0.4 is 5.73 Å². The number of rotatable bonds is 8. The van der Waals surface area contributed by atoms with Gasteiger partial charge < -0.3 is 15.1 Å². The number of hydrogen-bond donors (Lipinski definition) is 1. The van der Waals surface area contributed by atoms with Crippen molar-refractivity contribution >= 4 is 5.91 Å². The Balaban J connectivity index is 1.41. The van der Waals surface area contributed by atoms with Gasteiger partial charge in [0, 0.05) is 17.7 Å². The van der Waals surface area contributed by atoms with Gasteiger partial charge in [0.25, 0.3) is 5.91 Å². The third-order valence-corrected chi connectivity index (χ3v) is 8.40. The molecule has 1 fully saturated rings. The fourth-order valence-corrected chi connectivity index (χ4v) is 5.92. The van der Waals surface area contributed by atoms with Gasteiger partial charge in [-0.2, -0.15) is 5.26 Å². The summed E-state index contributed by atoms with van der Waals surface area (Å²) in [5.74, 6) is 0.0638. The van der Waals surface area contributed by atoms with Gasteiger partial charge in [0.15, 0.2) is 0 Å². The second-order valence-electron chi connectivity index (χ2n) is 11.2. The molecular weight excluding hydrogens is 553 g/mol. The average Bonchev–Trinajstić information content (AvgIpc) is 3.76. The van der Waals surface area contributed by atoms with Crippen LogP contribution in [0.25, 0.3) is 22.6 Å². The molecule has 0 aliphatic carbocycles. The Morgan fingerprint density at radius 1 is 1.02 bits per heavy atom. The van der Waals surface area contributed by atoms with Crippen molar-refractivity contribution < 1.29 is 13.6 Å². The largest absolute Gasteiger partial charge is 0.419 e. The van der Waals surface area contributed by atoms with Crippen LogP contribution in [0.15, 0.2) is 101 Å². The molecule has 7 nitrogen and oxygen atoms in total. The van der Waals surface area contributed by atoms with Gasteiger partial charge in [0.05, 0.1) is 23.2 Å². The zero-order valence-electron chi connectivity index (χ0n) is 24.4. The molecule has 1 unspecified atom stereocenters. The topological polar surface area (TPSA) is 109 Å². The number of halogens is 1. The number of aromatic nitrogens is 2. The molecular formula is C36H32FN5O2. The third kappa shape index (κ3) is 5.75. The fourth-order valence-electron chi connectivity index (χ4n) is 5.92.